The van der Waals surface area contributed by atoms with Crippen molar-refractivity contribution < 1.29 is 4.79 Å². The summed E-state index contributed by atoms with van der Waals surface area (Å²) in [6, 6.07) is 13.2. The van der Waals surface area contributed by atoms with E-state index in [1.54, 1.807) is 17.8 Å². The van der Waals surface area contributed by atoms with Crippen molar-refractivity contribution in [3.63, 3.8) is 0 Å². The van der Waals surface area contributed by atoms with Crippen molar-refractivity contribution in [3.8, 4) is 0 Å². The predicted octanol–water partition coefficient (Wildman–Crippen LogP) is 5.84. The van der Waals surface area contributed by atoms with Crippen LogP contribution in [0.1, 0.15) is 23.4 Å². The van der Waals surface area contributed by atoms with Crippen molar-refractivity contribution in [2.75, 3.05) is 17.6 Å². The second-order valence-electron chi connectivity index (χ2n) is 5.57. The molecule has 0 aromatic heterocycles. The summed E-state index contributed by atoms with van der Waals surface area (Å²) in [6.07, 6.45) is 0.937. The molecule has 24 heavy (non-hydrogen) atoms. The first kappa shape index (κ1) is 17.5. The lowest BCUT2D eigenvalue weighted by atomic mass is 10.1. The Morgan fingerprint density at radius 1 is 1.29 bits per heavy atom. The third-order valence-electron chi connectivity index (χ3n) is 3.97. The zero-order chi connectivity index (χ0) is 17.1. The van der Waals surface area contributed by atoms with Gasteiger partial charge in [-0.1, -0.05) is 48.3 Å². The van der Waals surface area contributed by atoms with Gasteiger partial charge in [-0.25, -0.2) is 4.79 Å². The van der Waals surface area contributed by atoms with Crippen molar-refractivity contribution in [3.05, 3.63) is 63.6 Å². The molecule has 0 unspecified atom stereocenters. The van der Waals surface area contributed by atoms with Crippen LogP contribution in [0.5, 0.6) is 0 Å². The number of rotatable bonds is 3. The van der Waals surface area contributed by atoms with Crippen LogP contribution in [0.3, 0.4) is 0 Å². The summed E-state index contributed by atoms with van der Waals surface area (Å²) in [5.74, 6) is 0.881. The number of halogens is 2. The normalized spacial score (nSPS) is 17.1. The molecule has 1 aliphatic heterocycles. The zero-order valence-corrected chi connectivity index (χ0v) is 15.6. The van der Waals surface area contributed by atoms with Gasteiger partial charge >= 0.3 is 6.03 Å². The SMILES string of the molecule is CCc1cccc(NC(=O)N2CCS[C@H]2c2ccc(Cl)cc2Cl)c1. The van der Waals surface area contributed by atoms with Gasteiger partial charge in [0.05, 0.1) is 0 Å². The van der Waals surface area contributed by atoms with Crippen molar-refractivity contribution in [2.45, 2.75) is 18.7 Å². The van der Waals surface area contributed by atoms with Crippen LogP contribution in [-0.4, -0.2) is 23.2 Å². The average molecular weight is 381 g/mol. The fourth-order valence-electron chi connectivity index (χ4n) is 2.70. The number of benzene rings is 2. The largest absolute Gasteiger partial charge is 0.323 e. The highest BCUT2D eigenvalue weighted by Gasteiger charge is 2.32. The summed E-state index contributed by atoms with van der Waals surface area (Å²) in [5, 5.41) is 4.09. The number of nitrogens with zero attached hydrogens (tertiary/aromatic N) is 1. The molecule has 1 atom stereocenters. The van der Waals surface area contributed by atoms with Gasteiger partial charge in [0.25, 0.3) is 0 Å². The smallest absolute Gasteiger partial charge is 0.308 e. The van der Waals surface area contributed by atoms with Crippen LogP contribution < -0.4 is 5.32 Å². The first-order valence-corrected chi connectivity index (χ1v) is 9.62. The number of thioether (sulfide) groups is 1. The summed E-state index contributed by atoms with van der Waals surface area (Å²) < 4.78 is 0. The van der Waals surface area contributed by atoms with Gasteiger partial charge in [0, 0.05) is 33.6 Å². The van der Waals surface area contributed by atoms with Crippen LogP contribution in [-0.2, 0) is 6.42 Å². The number of urea groups is 1. The molecule has 2 amide bonds. The topological polar surface area (TPSA) is 32.3 Å². The Hall–Kier alpha value is -1.36. The van der Waals surface area contributed by atoms with Crippen LogP contribution >= 0.6 is 35.0 Å². The maximum absolute atomic E-state index is 12.7. The van der Waals surface area contributed by atoms with Gasteiger partial charge in [-0.3, -0.25) is 0 Å². The van der Waals surface area contributed by atoms with E-state index in [-0.39, 0.29) is 11.4 Å². The second kappa shape index (κ2) is 7.68. The molecule has 1 heterocycles. The Balaban J connectivity index is 1.78. The van der Waals surface area contributed by atoms with Crippen molar-refractivity contribution in [1.29, 1.82) is 0 Å². The van der Waals surface area contributed by atoms with Crippen LogP contribution in [0.25, 0.3) is 0 Å². The number of hydrogen-bond donors (Lipinski definition) is 1. The highest BCUT2D eigenvalue weighted by molar-refractivity contribution is 7.99. The molecule has 3 nitrogen and oxygen atoms in total. The summed E-state index contributed by atoms with van der Waals surface area (Å²) in [6.45, 7) is 2.78. The number of aryl methyl sites for hydroxylation is 1. The van der Waals surface area contributed by atoms with E-state index in [2.05, 4.69) is 18.3 Å². The minimum absolute atomic E-state index is 0.0934. The minimum Gasteiger partial charge on any atom is -0.308 e. The van der Waals surface area contributed by atoms with Gasteiger partial charge in [0.15, 0.2) is 0 Å². The van der Waals surface area contributed by atoms with Gasteiger partial charge < -0.3 is 10.2 Å². The van der Waals surface area contributed by atoms with E-state index < -0.39 is 0 Å². The van der Waals surface area contributed by atoms with E-state index in [1.807, 2.05) is 35.2 Å². The van der Waals surface area contributed by atoms with E-state index in [0.29, 0.717) is 16.6 Å². The third kappa shape index (κ3) is 3.82. The molecule has 1 fully saturated rings. The van der Waals surface area contributed by atoms with Gasteiger partial charge in [0.2, 0.25) is 0 Å². The molecule has 3 rings (SSSR count). The standard InChI is InChI=1S/C18H18Cl2N2OS/c1-2-12-4-3-5-14(10-12)21-18(23)22-8-9-24-17(22)15-7-6-13(19)11-16(15)20/h3-7,10-11,17H,2,8-9H2,1H3,(H,21,23)/t17-/m0/s1. The molecule has 0 aliphatic carbocycles. The van der Waals surface area contributed by atoms with Gasteiger partial charge in [-0.15, -0.1) is 11.8 Å². The molecule has 2 aromatic carbocycles. The fourth-order valence-corrected chi connectivity index (χ4v) is 4.57. The Kier molecular flexibility index (Phi) is 5.59. The van der Waals surface area contributed by atoms with Gasteiger partial charge in [0.1, 0.15) is 5.37 Å². The molecule has 126 valence electrons. The fraction of sp³-hybridized carbons (Fsp3) is 0.278. The highest BCUT2D eigenvalue weighted by atomic mass is 35.5. The molecule has 2 aromatic rings. The lowest BCUT2D eigenvalue weighted by Gasteiger charge is -2.25. The molecule has 0 saturated carbocycles. The maximum atomic E-state index is 12.7. The molecular formula is C18H18Cl2N2OS. The summed E-state index contributed by atoms with van der Waals surface area (Å²) >= 11 is 14.0. The molecule has 6 heteroatoms. The van der Waals surface area contributed by atoms with Crippen LogP contribution in [0, 0.1) is 0 Å². The minimum atomic E-state index is -0.107. The van der Waals surface area contributed by atoms with E-state index in [1.165, 1.54) is 5.56 Å². The third-order valence-corrected chi connectivity index (χ3v) is 5.77. The first-order valence-electron chi connectivity index (χ1n) is 7.81. The van der Waals surface area contributed by atoms with Crippen molar-refractivity contribution >= 4 is 46.7 Å². The number of amides is 2. The molecule has 0 spiro atoms. The lowest BCUT2D eigenvalue weighted by Crippen LogP contribution is -2.34. The molecular weight excluding hydrogens is 363 g/mol. The quantitative estimate of drug-likeness (QED) is 0.725. The van der Waals surface area contributed by atoms with Crippen molar-refractivity contribution in [2.24, 2.45) is 0 Å². The maximum Gasteiger partial charge on any atom is 0.323 e. The summed E-state index contributed by atoms with van der Waals surface area (Å²) in [5.41, 5.74) is 2.93. The van der Waals surface area contributed by atoms with Crippen LogP contribution in [0.2, 0.25) is 10.0 Å². The second-order valence-corrected chi connectivity index (χ2v) is 7.60. The Morgan fingerprint density at radius 3 is 2.88 bits per heavy atom. The predicted molar refractivity (Wildman–Crippen MR) is 103 cm³/mol. The van der Waals surface area contributed by atoms with E-state index >= 15 is 0 Å². The monoisotopic (exact) mass is 380 g/mol. The summed E-state index contributed by atoms with van der Waals surface area (Å²) in [7, 11) is 0. The Morgan fingerprint density at radius 2 is 2.12 bits per heavy atom. The number of nitrogens with one attached hydrogen (secondary N) is 1. The number of carbonyl (C=O) groups is 1. The lowest BCUT2D eigenvalue weighted by molar-refractivity contribution is 0.214. The first-order chi connectivity index (χ1) is 11.6. The molecule has 0 radical (unpaired) electrons. The Bertz CT molecular complexity index is 754. The van der Waals surface area contributed by atoms with E-state index in [4.69, 9.17) is 23.2 Å². The van der Waals surface area contributed by atoms with Crippen LogP contribution in [0.4, 0.5) is 10.5 Å². The zero-order valence-electron chi connectivity index (χ0n) is 13.3. The average Bonchev–Trinajstić information content (AvgIpc) is 3.04. The van der Waals surface area contributed by atoms with E-state index in [9.17, 15) is 4.79 Å². The van der Waals surface area contributed by atoms with Crippen molar-refractivity contribution in [1.82, 2.24) is 4.90 Å². The Labute approximate surface area is 156 Å². The molecule has 1 N–H and O–H groups in total. The number of hydrogen-bond acceptors (Lipinski definition) is 2. The number of anilines is 1. The number of carbonyl (C=O) groups excluding carboxylic acids is 1. The molecule has 1 aliphatic rings. The van der Waals surface area contributed by atoms with Gasteiger partial charge in [-0.2, -0.15) is 0 Å². The highest BCUT2D eigenvalue weighted by Crippen LogP contribution is 2.41. The van der Waals surface area contributed by atoms with Gasteiger partial charge in [-0.05, 0) is 36.2 Å². The molecule has 1 saturated heterocycles. The summed E-state index contributed by atoms with van der Waals surface area (Å²) in [4.78, 5) is 14.5. The molecule has 0 bridgehead atoms. The van der Waals surface area contributed by atoms with Crippen LogP contribution in [0.15, 0.2) is 42.5 Å². The van der Waals surface area contributed by atoms with E-state index in [0.717, 1.165) is 23.4 Å².